The molecule has 3 aliphatic heterocycles. The van der Waals surface area contributed by atoms with Gasteiger partial charge < -0.3 is 24.4 Å². The molecular formula is C25H37BrN2O6. The van der Waals surface area contributed by atoms with Gasteiger partial charge in [0.05, 0.1) is 24.5 Å². The third-order valence-corrected chi connectivity index (χ3v) is 7.98. The lowest BCUT2D eigenvalue weighted by molar-refractivity contribution is -0.155. The summed E-state index contributed by atoms with van der Waals surface area (Å²) in [4.78, 5) is 44.0. The van der Waals surface area contributed by atoms with Gasteiger partial charge in [-0.1, -0.05) is 28.1 Å². The maximum atomic E-state index is 13.9. The molecule has 0 saturated carbocycles. The molecule has 3 fully saturated rings. The quantitative estimate of drug-likeness (QED) is 0.167. The van der Waals surface area contributed by atoms with Crippen LogP contribution in [0.4, 0.5) is 0 Å². The van der Waals surface area contributed by atoms with E-state index < -0.39 is 35.6 Å². The van der Waals surface area contributed by atoms with Gasteiger partial charge in [0.15, 0.2) is 0 Å². The maximum absolute atomic E-state index is 13.9. The maximum Gasteiger partial charge on any atom is 0.312 e. The van der Waals surface area contributed by atoms with E-state index in [-0.39, 0.29) is 35.9 Å². The van der Waals surface area contributed by atoms with Crippen molar-refractivity contribution in [3.05, 3.63) is 25.3 Å². The molecule has 0 aliphatic carbocycles. The zero-order valence-electron chi connectivity index (χ0n) is 20.2. The van der Waals surface area contributed by atoms with Crippen LogP contribution < -0.4 is 0 Å². The van der Waals surface area contributed by atoms with Crippen molar-refractivity contribution in [3.8, 4) is 0 Å². The molecule has 9 heteroatoms. The predicted molar refractivity (Wildman–Crippen MR) is 131 cm³/mol. The zero-order valence-corrected chi connectivity index (χ0v) is 21.7. The Morgan fingerprint density at radius 1 is 1.32 bits per heavy atom. The first-order chi connectivity index (χ1) is 16.2. The van der Waals surface area contributed by atoms with Crippen LogP contribution in [0.3, 0.4) is 0 Å². The van der Waals surface area contributed by atoms with Gasteiger partial charge in [0.25, 0.3) is 0 Å². The molecule has 34 heavy (non-hydrogen) atoms. The second kappa shape index (κ2) is 11.4. The molecule has 6 atom stereocenters. The van der Waals surface area contributed by atoms with Crippen LogP contribution in [0, 0.1) is 11.8 Å². The third kappa shape index (κ3) is 4.71. The second-order valence-corrected chi connectivity index (χ2v) is 10.8. The Hall–Kier alpha value is -1.71. The first-order valence-electron chi connectivity index (χ1n) is 12.2. The van der Waals surface area contributed by atoms with Crippen LogP contribution in [0.5, 0.6) is 0 Å². The number of halogens is 1. The molecular weight excluding hydrogens is 504 g/mol. The lowest BCUT2D eigenvalue weighted by Gasteiger charge is -2.38. The van der Waals surface area contributed by atoms with Gasteiger partial charge >= 0.3 is 5.97 Å². The molecule has 2 bridgehead atoms. The van der Waals surface area contributed by atoms with E-state index >= 15 is 0 Å². The molecule has 0 aromatic carbocycles. The molecule has 3 saturated heterocycles. The van der Waals surface area contributed by atoms with Crippen molar-refractivity contribution in [2.24, 2.45) is 11.8 Å². The van der Waals surface area contributed by atoms with Crippen molar-refractivity contribution < 1.29 is 29.0 Å². The minimum Gasteiger partial charge on any atom is -0.465 e. The van der Waals surface area contributed by atoms with Crippen LogP contribution in [0.2, 0.25) is 0 Å². The number of aliphatic hydroxyl groups is 1. The number of allylic oxidation sites excluding steroid dienone is 1. The molecule has 3 aliphatic rings. The number of amides is 2. The smallest absolute Gasteiger partial charge is 0.312 e. The normalized spacial score (nSPS) is 31.6. The molecule has 3 rings (SSSR count). The van der Waals surface area contributed by atoms with Crippen LogP contribution >= 0.6 is 15.9 Å². The van der Waals surface area contributed by atoms with Gasteiger partial charge in [0.1, 0.15) is 11.6 Å². The van der Waals surface area contributed by atoms with Crippen molar-refractivity contribution in [2.45, 2.75) is 74.6 Å². The topological polar surface area (TPSA) is 96.4 Å². The molecule has 190 valence electrons. The van der Waals surface area contributed by atoms with E-state index in [9.17, 15) is 19.5 Å². The van der Waals surface area contributed by atoms with Crippen LogP contribution in [0.1, 0.15) is 46.0 Å². The number of hydrogen-bond acceptors (Lipinski definition) is 6. The van der Waals surface area contributed by atoms with E-state index in [2.05, 4.69) is 29.1 Å². The highest BCUT2D eigenvalue weighted by atomic mass is 79.9. The molecule has 8 nitrogen and oxygen atoms in total. The molecule has 2 amide bonds. The molecule has 1 spiro atoms. The molecule has 3 heterocycles. The number of ether oxygens (including phenoxy) is 2. The number of likely N-dealkylation sites (tertiary alicyclic amines) is 1. The highest BCUT2D eigenvalue weighted by molar-refractivity contribution is 9.09. The number of carbonyl (C=O) groups is 3. The number of alkyl halides is 1. The van der Waals surface area contributed by atoms with E-state index in [4.69, 9.17) is 9.47 Å². The van der Waals surface area contributed by atoms with Gasteiger partial charge in [-0.05, 0) is 46.0 Å². The first kappa shape index (κ1) is 26.9. The zero-order chi connectivity index (χ0) is 25.0. The Balaban J connectivity index is 1.96. The van der Waals surface area contributed by atoms with E-state index in [0.717, 1.165) is 6.42 Å². The van der Waals surface area contributed by atoms with E-state index in [1.54, 1.807) is 22.0 Å². The Bertz CT molecular complexity index is 804. The van der Waals surface area contributed by atoms with Crippen LogP contribution in [0.25, 0.3) is 0 Å². The van der Waals surface area contributed by atoms with Crippen molar-refractivity contribution in [1.29, 1.82) is 0 Å². The number of fused-ring (bicyclic) bond motifs is 1. The summed E-state index contributed by atoms with van der Waals surface area (Å²) in [6, 6.07) is -0.936. The fourth-order valence-electron chi connectivity index (χ4n) is 5.66. The summed E-state index contributed by atoms with van der Waals surface area (Å²) < 4.78 is 12.0. The third-order valence-electron chi connectivity index (χ3n) is 7.13. The lowest BCUT2D eigenvalue weighted by atomic mass is 9.70. The Labute approximate surface area is 210 Å². The summed E-state index contributed by atoms with van der Waals surface area (Å²) in [5, 5.41) is 9.26. The van der Waals surface area contributed by atoms with Gasteiger partial charge in [-0.2, -0.15) is 0 Å². The predicted octanol–water partition coefficient (Wildman–Crippen LogP) is 2.44. The molecule has 0 aromatic rings. The average molecular weight is 541 g/mol. The van der Waals surface area contributed by atoms with Crippen molar-refractivity contribution in [2.75, 3.05) is 26.3 Å². The van der Waals surface area contributed by atoms with Gasteiger partial charge in [-0.25, -0.2) is 0 Å². The van der Waals surface area contributed by atoms with E-state index in [0.29, 0.717) is 38.8 Å². The fourth-order valence-corrected chi connectivity index (χ4v) is 6.60. The summed E-state index contributed by atoms with van der Waals surface area (Å²) in [6.45, 7) is 12.2. The van der Waals surface area contributed by atoms with Gasteiger partial charge in [0, 0.05) is 30.6 Å². The lowest BCUT2D eigenvalue weighted by Crippen LogP contribution is -2.58. The summed E-state index contributed by atoms with van der Waals surface area (Å²) in [5.41, 5.74) is -1.09. The van der Waals surface area contributed by atoms with Crippen molar-refractivity contribution in [3.63, 3.8) is 0 Å². The Kier molecular flexibility index (Phi) is 8.98. The number of carbonyl (C=O) groups excluding carboxylic acids is 3. The largest absolute Gasteiger partial charge is 0.465 e. The number of unbranched alkanes of at least 4 members (excludes halogenated alkanes) is 2. The van der Waals surface area contributed by atoms with Gasteiger partial charge in [-0.15, -0.1) is 13.2 Å². The van der Waals surface area contributed by atoms with Crippen LogP contribution in [0.15, 0.2) is 25.3 Å². The number of rotatable bonds is 13. The standard InChI is InChI=1S/C25H37BrN2O6/c1-5-7-10-14-33-24(32)18-19-22(30)28(12-8-9-13-29)21(23(31)27(11-6-2)16(3)4)25(19)15-17(26)20(18)34-25/h5-6,16-21,29H,1-2,7-15H2,3-4H3/t17?,18-,19+,20-,21?,25?/m1/s1. The minimum absolute atomic E-state index is 0.00546. The number of nitrogens with zero attached hydrogens (tertiary/aromatic N) is 2. The summed E-state index contributed by atoms with van der Waals surface area (Å²) in [7, 11) is 0. The number of hydrogen-bond donors (Lipinski definition) is 1. The van der Waals surface area contributed by atoms with Crippen molar-refractivity contribution in [1.82, 2.24) is 9.80 Å². The van der Waals surface area contributed by atoms with Gasteiger partial charge in [0.2, 0.25) is 11.8 Å². The highest BCUT2D eigenvalue weighted by Crippen LogP contribution is 2.60. The SMILES string of the molecule is C=CCCCOC(=O)[C@H]1[C@@H]2OC3(CC2Br)C(C(=O)N(CC=C)C(C)C)N(CCCCO)C(=O)[C@H]13. The van der Waals surface area contributed by atoms with Crippen LogP contribution in [-0.4, -0.2) is 87.6 Å². The second-order valence-electron chi connectivity index (χ2n) is 9.60. The van der Waals surface area contributed by atoms with Crippen molar-refractivity contribution >= 4 is 33.7 Å². The monoisotopic (exact) mass is 540 g/mol. The molecule has 1 N–H and O–H groups in total. The first-order valence-corrected chi connectivity index (χ1v) is 13.1. The van der Waals surface area contributed by atoms with E-state index in [1.165, 1.54) is 0 Å². The Morgan fingerprint density at radius 2 is 2.06 bits per heavy atom. The van der Waals surface area contributed by atoms with Gasteiger partial charge in [-0.3, -0.25) is 14.4 Å². The molecule has 3 unspecified atom stereocenters. The molecule has 0 aromatic heterocycles. The number of aliphatic hydroxyl groups excluding tert-OH is 1. The summed E-state index contributed by atoms with van der Waals surface area (Å²) >= 11 is 3.66. The molecule has 0 radical (unpaired) electrons. The minimum atomic E-state index is -1.09. The highest BCUT2D eigenvalue weighted by Gasteiger charge is 2.77. The summed E-state index contributed by atoms with van der Waals surface area (Å²) in [6.07, 6.45) is 5.83. The van der Waals surface area contributed by atoms with E-state index in [1.807, 2.05) is 13.8 Å². The summed E-state index contributed by atoms with van der Waals surface area (Å²) in [5.74, 6) is -2.42. The average Bonchev–Trinajstić information content (AvgIpc) is 3.38. The fraction of sp³-hybridized carbons (Fsp3) is 0.720. The number of esters is 1. The van der Waals surface area contributed by atoms with Crippen LogP contribution in [-0.2, 0) is 23.9 Å². The Morgan fingerprint density at radius 3 is 2.68 bits per heavy atom.